The summed E-state index contributed by atoms with van der Waals surface area (Å²) in [6.45, 7) is 1.35. The maximum absolute atomic E-state index is 13.8. The number of nitrogen functional groups attached to an aromatic ring is 1. The summed E-state index contributed by atoms with van der Waals surface area (Å²) in [6, 6.07) is 16.6. The number of nitrogens with one attached hydrogen (secondary N) is 1. The van der Waals surface area contributed by atoms with Gasteiger partial charge in [-0.1, -0.05) is 48.5 Å². The van der Waals surface area contributed by atoms with Gasteiger partial charge in [-0.3, -0.25) is 13.9 Å². The first kappa shape index (κ1) is 27.7. The van der Waals surface area contributed by atoms with Crippen LogP contribution in [0.1, 0.15) is 25.1 Å². The molecule has 3 unspecified atom stereocenters. The van der Waals surface area contributed by atoms with E-state index in [0.717, 1.165) is 5.56 Å². The second-order valence-corrected chi connectivity index (χ2v) is 10.9. The Hall–Kier alpha value is -3.87. The first-order valence-electron chi connectivity index (χ1n) is 12.6. The molecule has 1 saturated heterocycles. The Labute approximate surface area is 229 Å². The Morgan fingerprint density at radius 2 is 1.90 bits per heavy atom. The quantitative estimate of drug-likeness (QED) is 0.179. The van der Waals surface area contributed by atoms with Crippen molar-refractivity contribution >= 4 is 30.7 Å². The van der Waals surface area contributed by atoms with Gasteiger partial charge in [-0.25, -0.2) is 19.5 Å². The second-order valence-electron chi connectivity index (χ2n) is 9.18. The van der Waals surface area contributed by atoms with Crippen LogP contribution >= 0.6 is 7.75 Å². The van der Waals surface area contributed by atoms with E-state index in [9.17, 15) is 14.5 Å². The van der Waals surface area contributed by atoms with Gasteiger partial charge in [0.25, 0.3) is 0 Å². The van der Waals surface area contributed by atoms with Crippen LogP contribution in [-0.4, -0.2) is 55.5 Å². The van der Waals surface area contributed by atoms with Crippen LogP contribution in [0.15, 0.2) is 73.3 Å². The standard InChI is InChI=1S/C26H29N6O7P/c1-17(26(34)36-13-18-8-4-2-5-9-18)31-40(35,39-19-10-6-3-7-11-19)37-14-20-12-21(33)25(38-20)32-16-30-22-23(27)28-15-29-24(22)32/h2-11,15-17,20-21,25,33H,12-14H2,1H3,(H,31,35)(H2,27,28,29)/t17-,20?,21+,25?,40?/m0/s1. The van der Waals surface area contributed by atoms with Gasteiger partial charge in [0, 0.05) is 6.42 Å². The zero-order valence-corrected chi connectivity index (χ0v) is 22.5. The molecule has 1 aliphatic heterocycles. The summed E-state index contributed by atoms with van der Waals surface area (Å²) in [7, 11) is -4.11. The number of ether oxygens (including phenoxy) is 2. The number of hydrogen-bond acceptors (Lipinski definition) is 11. The van der Waals surface area contributed by atoms with Crippen LogP contribution in [0.4, 0.5) is 5.82 Å². The third kappa shape index (κ3) is 6.46. The van der Waals surface area contributed by atoms with Crippen LogP contribution in [0.3, 0.4) is 0 Å². The predicted molar refractivity (Wildman–Crippen MR) is 144 cm³/mol. The Morgan fingerprint density at radius 1 is 1.18 bits per heavy atom. The molecule has 5 atom stereocenters. The van der Waals surface area contributed by atoms with Crippen LogP contribution in [0.5, 0.6) is 5.75 Å². The van der Waals surface area contributed by atoms with Gasteiger partial charge in [-0.15, -0.1) is 0 Å². The van der Waals surface area contributed by atoms with Crippen molar-refractivity contribution in [3.8, 4) is 5.75 Å². The van der Waals surface area contributed by atoms with Crippen molar-refractivity contribution < 1.29 is 33.0 Å². The average Bonchev–Trinajstić information content (AvgIpc) is 3.55. The molecule has 2 aromatic carbocycles. The minimum absolute atomic E-state index is 0.0606. The van der Waals surface area contributed by atoms with Crippen LogP contribution in [0.2, 0.25) is 0 Å². The summed E-state index contributed by atoms with van der Waals surface area (Å²) >= 11 is 0. The van der Waals surface area contributed by atoms with Crippen LogP contribution < -0.4 is 15.3 Å². The molecule has 14 heteroatoms. The molecule has 0 spiro atoms. The minimum atomic E-state index is -4.11. The van der Waals surface area contributed by atoms with Gasteiger partial charge < -0.3 is 24.8 Å². The van der Waals surface area contributed by atoms with E-state index in [-0.39, 0.29) is 31.2 Å². The molecule has 4 aromatic rings. The molecule has 4 N–H and O–H groups in total. The lowest BCUT2D eigenvalue weighted by Gasteiger charge is -2.24. The number of nitrogens with zero attached hydrogens (tertiary/aromatic N) is 4. The lowest BCUT2D eigenvalue weighted by molar-refractivity contribution is -0.146. The van der Waals surface area contributed by atoms with E-state index in [1.54, 1.807) is 34.9 Å². The topological polar surface area (TPSA) is 173 Å². The monoisotopic (exact) mass is 568 g/mol. The zero-order valence-electron chi connectivity index (χ0n) is 21.6. The number of aromatic nitrogens is 4. The van der Waals surface area contributed by atoms with Crippen molar-refractivity contribution in [2.75, 3.05) is 12.3 Å². The largest absolute Gasteiger partial charge is 0.460 e. The molecule has 0 saturated carbocycles. The predicted octanol–water partition coefficient (Wildman–Crippen LogP) is 2.98. The number of carbonyl (C=O) groups excluding carboxylic acids is 1. The van der Waals surface area contributed by atoms with Crippen LogP contribution in [-0.2, 0) is 30.0 Å². The van der Waals surface area contributed by atoms with Gasteiger partial charge in [0.2, 0.25) is 0 Å². The van der Waals surface area contributed by atoms with Crippen LogP contribution in [0, 0.1) is 0 Å². The second kappa shape index (κ2) is 12.1. The highest BCUT2D eigenvalue weighted by Crippen LogP contribution is 2.46. The molecular weight excluding hydrogens is 539 g/mol. The highest BCUT2D eigenvalue weighted by atomic mass is 31.2. The summed E-state index contributed by atoms with van der Waals surface area (Å²) in [6.07, 6.45) is 0.503. The van der Waals surface area contributed by atoms with Crippen molar-refractivity contribution in [2.24, 2.45) is 0 Å². The minimum Gasteiger partial charge on any atom is -0.460 e. The van der Waals surface area contributed by atoms with Crippen molar-refractivity contribution in [2.45, 2.75) is 44.4 Å². The number of anilines is 1. The fraction of sp³-hybridized carbons (Fsp3) is 0.308. The third-order valence-electron chi connectivity index (χ3n) is 6.16. The fourth-order valence-electron chi connectivity index (χ4n) is 4.18. The number of aliphatic hydroxyl groups excluding tert-OH is 1. The van der Waals surface area contributed by atoms with Gasteiger partial charge in [-0.05, 0) is 24.6 Å². The molecule has 13 nitrogen and oxygen atoms in total. The fourth-order valence-corrected chi connectivity index (χ4v) is 5.70. The molecule has 1 fully saturated rings. The first-order chi connectivity index (χ1) is 19.3. The molecule has 0 bridgehead atoms. The highest BCUT2D eigenvalue weighted by Gasteiger charge is 2.39. The summed E-state index contributed by atoms with van der Waals surface area (Å²) in [5.74, 6) is -0.154. The maximum Gasteiger partial charge on any atom is 0.459 e. The summed E-state index contributed by atoms with van der Waals surface area (Å²) < 4.78 is 38.1. The van der Waals surface area contributed by atoms with Gasteiger partial charge in [0.15, 0.2) is 17.7 Å². The molecule has 1 aliphatic rings. The summed E-state index contributed by atoms with van der Waals surface area (Å²) in [5, 5.41) is 13.4. The number of rotatable bonds is 11. The number of para-hydroxylation sites is 1. The Bertz CT molecular complexity index is 1490. The Morgan fingerprint density at radius 3 is 2.65 bits per heavy atom. The lowest BCUT2D eigenvalue weighted by Crippen LogP contribution is -2.35. The highest BCUT2D eigenvalue weighted by molar-refractivity contribution is 7.52. The van der Waals surface area contributed by atoms with Gasteiger partial charge >= 0.3 is 13.7 Å². The maximum atomic E-state index is 13.8. The number of fused-ring (bicyclic) bond motifs is 1. The normalized spacial score (nSPS) is 21.1. The van der Waals surface area contributed by atoms with E-state index >= 15 is 0 Å². The van der Waals surface area contributed by atoms with E-state index in [4.69, 9.17) is 24.3 Å². The van der Waals surface area contributed by atoms with Crippen molar-refractivity contribution in [1.29, 1.82) is 0 Å². The Balaban J connectivity index is 1.25. The third-order valence-corrected chi connectivity index (χ3v) is 7.80. The number of hydrogen-bond donors (Lipinski definition) is 3. The Kier molecular flexibility index (Phi) is 8.38. The van der Waals surface area contributed by atoms with Gasteiger partial charge in [0.05, 0.1) is 19.0 Å². The number of imidazole rings is 1. The molecule has 0 radical (unpaired) electrons. The number of benzene rings is 2. The lowest BCUT2D eigenvalue weighted by atomic mass is 10.2. The zero-order chi connectivity index (χ0) is 28.1. The summed E-state index contributed by atoms with van der Waals surface area (Å²) in [4.78, 5) is 25.0. The number of aliphatic hydroxyl groups is 1. The van der Waals surface area contributed by atoms with Gasteiger partial charge in [-0.2, -0.15) is 5.09 Å². The molecule has 3 heterocycles. The van der Waals surface area contributed by atoms with E-state index in [1.807, 2.05) is 30.3 Å². The molecule has 0 amide bonds. The number of esters is 1. The smallest absolute Gasteiger partial charge is 0.459 e. The molecule has 0 aliphatic carbocycles. The average molecular weight is 569 g/mol. The molecule has 210 valence electrons. The van der Waals surface area contributed by atoms with Crippen molar-refractivity contribution in [3.63, 3.8) is 0 Å². The van der Waals surface area contributed by atoms with E-state index in [1.165, 1.54) is 19.6 Å². The van der Waals surface area contributed by atoms with E-state index < -0.39 is 38.2 Å². The van der Waals surface area contributed by atoms with E-state index in [2.05, 4.69) is 20.0 Å². The van der Waals surface area contributed by atoms with Crippen molar-refractivity contribution in [1.82, 2.24) is 24.6 Å². The first-order valence-corrected chi connectivity index (χ1v) is 14.1. The molecular formula is C26H29N6O7P. The van der Waals surface area contributed by atoms with Crippen LogP contribution in [0.25, 0.3) is 11.2 Å². The van der Waals surface area contributed by atoms with Gasteiger partial charge in [0.1, 0.15) is 36.3 Å². The molecule has 40 heavy (non-hydrogen) atoms. The van der Waals surface area contributed by atoms with Crippen molar-refractivity contribution in [3.05, 3.63) is 78.9 Å². The summed E-state index contributed by atoms with van der Waals surface area (Å²) in [5.41, 5.74) is 7.47. The number of carbonyl (C=O) groups is 1. The molecule has 5 rings (SSSR count). The van der Waals surface area contributed by atoms with E-state index in [0.29, 0.717) is 11.2 Å². The number of nitrogens with two attached hydrogens (primary N) is 1. The SMILES string of the molecule is C[C@H](NP(=O)(OCC1C[C@@H](O)C(n2cnc3c(N)ncnc32)O1)Oc1ccccc1)C(=O)OCc1ccccc1. The molecule has 2 aromatic heterocycles.